The van der Waals surface area contributed by atoms with E-state index < -0.39 is 0 Å². The minimum absolute atomic E-state index is 0.108. The molecular weight excluding hydrogens is 522 g/mol. The summed E-state index contributed by atoms with van der Waals surface area (Å²) in [4.78, 5) is 36.2. The van der Waals surface area contributed by atoms with Gasteiger partial charge in [-0.25, -0.2) is 14.5 Å². The van der Waals surface area contributed by atoms with Crippen molar-refractivity contribution in [1.29, 1.82) is 0 Å². The lowest BCUT2D eigenvalue weighted by molar-refractivity contribution is -0.114. The molecule has 0 radical (unpaired) electrons. The molecule has 0 atom stereocenters. The Labute approximate surface area is 228 Å². The Hall–Kier alpha value is -3.76. The van der Waals surface area contributed by atoms with Crippen LogP contribution in [0.2, 0.25) is 5.02 Å². The fraction of sp³-hybridized carbons (Fsp3) is 0.296. The number of pyridine rings is 1. The molecule has 4 heterocycles. The van der Waals surface area contributed by atoms with Gasteiger partial charge in [-0.15, -0.1) is 0 Å². The lowest BCUT2D eigenvalue weighted by Gasteiger charge is -2.26. The van der Waals surface area contributed by atoms with Gasteiger partial charge >= 0.3 is 6.03 Å². The highest BCUT2D eigenvalue weighted by molar-refractivity contribution is 7.19. The summed E-state index contributed by atoms with van der Waals surface area (Å²) in [6, 6.07) is 9.26. The minimum Gasteiger partial charge on any atom is -0.325 e. The van der Waals surface area contributed by atoms with E-state index in [4.69, 9.17) is 16.7 Å². The first-order chi connectivity index (χ1) is 18.5. The number of anilines is 2. The van der Waals surface area contributed by atoms with Crippen LogP contribution in [0.5, 0.6) is 0 Å². The highest BCUT2D eigenvalue weighted by Gasteiger charge is 2.30. The fourth-order valence-corrected chi connectivity index (χ4v) is 6.42. The summed E-state index contributed by atoms with van der Waals surface area (Å²) in [6.07, 6.45) is 8.25. The van der Waals surface area contributed by atoms with E-state index in [1.807, 2.05) is 33.8 Å². The van der Waals surface area contributed by atoms with E-state index in [-0.39, 0.29) is 11.9 Å². The highest BCUT2D eigenvalue weighted by Crippen LogP contribution is 2.44. The summed E-state index contributed by atoms with van der Waals surface area (Å²) in [7, 11) is 0. The summed E-state index contributed by atoms with van der Waals surface area (Å²) < 4.78 is 1.85. The van der Waals surface area contributed by atoms with Crippen molar-refractivity contribution in [1.82, 2.24) is 24.6 Å². The number of likely N-dealkylation sites (tertiary alicyclic amines) is 1. The maximum absolute atomic E-state index is 12.7. The Morgan fingerprint density at radius 1 is 1.08 bits per heavy atom. The van der Waals surface area contributed by atoms with Gasteiger partial charge in [-0.3, -0.25) is 9.78 Å². The smallest absolute Gasteiger partial charge is 0.321 e. The minimum atomic E-state index is -0.161. The third kappa shape index (κ3) is 4.65. The number of hydrogen-bond acceptors (Lipinski definition) is 6. The second kappa shape index (κ2) is 10.2. The molecule has 1 saturated heterocycles. The molecule has 4 aromatic rings. The van der Waals surface area contributed by atoms with Crippen LogP contribution in [0, 0.1) is 0 Å². The maximum Gasteiger partial charge on any atom is 0.321 e. The molecule has 6 rings (SSSR count). The van der Waals surface area contributed by atoms with Crippen molar-refractivity contribution in [3.63, 3.8) is 0 Å². The van der Waals surface area contributed by atoms with Crippen molar-refractivity contribution in [2.24, 2.45) is 0 Å². The van der Waals surface area contributed by atoms with Crippen LogP contribution in [-0.4, -0.2) is 49.7 Å². The predicted octanol–water partition coefficient (Wildman–Crippen LogP) is 5.79. The number of thiazole rings is 1. The number of urea groups is 1. The van der Waals surface area contributed by atoms with Crippen molar-refractivity contribution in [3.8, 4) is 27.5 Å². The summed E-state index contributed by atoms with van der Waals surface area (Å²) in [6.45, 7) is 3.01. The van der Waals surface area contributed by atoms with Gasteiger partial charge in [0.15, 0.2) is 5.13 Å². The molecule has 9 nitrogen and oxygen atoms in total. The Bertz CT molecular complexity index is 1530. The molecule has 0 unspecified atom stereocenters. The second-order valence-electron chi connectivity index (χ2n) is 9.45. The van der Waals surface area contributed by atoms with Crippen molar-refractivity contribution < 1.29 is 9.59 Å². The number of nitrogens with one attached hydrogen (secondary N) is 2. The van der Waals surface area contributed by atoms with Gasteiger partial charge in [0.1, 0.15) is 0 Å². The van der Waals surface area contributed by atoms with Gasteiger partial charge in [-0.05, 0) is 62.4 Å². The van der Waals surface area contributed by atoms with Gasteiger partial charge < -0.3 is 15.5 Å². The van der Waals surface area contributed by atoms with Crippen LogP contribution in [-0.2, 0) is 17.6 Å². The quantitative estimate of drug-likeness (QED) is 0.336. The number of amides is 3. The molecular formula is C27H26ClN7O2S. The molecule has 1 aliphatic heterocycles. The van der Waals surface area contributed by atoms with Gasteiger partial charge in [0.05, 0.1) is 32.7 Å². The van der Waals surface area contributed by atoms with Crippen LogP contribution in [0.4, 0.5) is 15.6 Å². The van der Waals surface area contributed by atoms with E-state index >= 15 is 0 Å². The summed E-state index contributed by atoms with van der Waals surface area (Å²) in [5.74, 6) is -0.161. The van der Waals surface area contributed by atoms with Crippen LogP contribution in [0.3, 0.4) is 0 Å². The standard InChI is InChI=1S/C27H26ClN7O2S/c1-16(36)30-26-32-21-9-8-19-23(17-6-5-11-29-15-17)33-35(24(19)25(21)38-26)22-10-7-18(14-20(22)28)31-27(37)34-12-3-2-4-13-34/h5-7,10-11,14-15H,2-4,8-9,12-13H2,1H3,(H,31,37)(H,30,32,36). The number of fused-ring (bicyclic) bond motifs is 3. The number of piperidine rings is 1. The molecule has 1 fully saturated rings. The van der Waals surface area contributed by atoms with E-state index in [0.29, 0.717) is 21.5 Å². The molecule has 3 amide bonds. The van der Waals surface area contributed by atoms with E-state index in [2.05, 4.69) is 20.6 Å². The molecule has 0 saturated carbocycles. The van der Waals surface area contributed by atoms with Crippen molar-refractivity contribution in [2.45, 2.75) is 39.0 Å². The zero-order valence-corrected chi connectivity index (χ0v) is 22.4. The molecule has 194 valence electrons. The molecule has 1 aromatic carbocycles. The summed E-state index contributed by atoms with van der Waals surface area (Å²) in [5, 5.41) is 11.8. The van der Waals surface area contributed by atoms with E-state index in [9.17, 15) is 9.59 Å². The number of aromatic nitrogens is 4. The topological polar surface area (TPSA) is 105 Å². The first kappa shape index (κ1) is 24.6. The maximum atomic E-state index is 12.7. The van der Waals surface area contributed by atoms with Gasteiger partial charge in [-0.1, -0.05) is 22.9 Å². The molecule has 2 aliphatic rings. The number of nitrogens with zero attached hydrogens (tertiary/aromatic N) is 5. The van der Waals surface area contributed by atoms with Gasteiger partial charge in [0, 0.05) is 49.2 Å². The molecule has 11 heteroatoms. The first-order valence-electron chi connectivity index (χ1n) is 12.6. The highest BCUT2D eigenvalue weighted by atomic mass is 35.5. The Morgan fingerprint density at radius 2 is 1.92 bits per heavy atom. The largest absolute Gasteiger partial charge is 0.325 e. The van der Waals surface area contributed by atoms with Crippen LogP contribution in [0.15, 0.2) is 42.7 Å². The number of benzene rings is 1. The van der Waals surface area contributed by atoms with Crippen molar-refractivity contribution in [3.05, 3.63) is 59.0 Å². The van der Waals surface area contributed by atoms with Crippen molar-refractivity contribution >= 4 is 45.7 Å². The average molecular weight is 548 g/mol. The van der Waals surface area contributed by atoms with Crippen molar-refractivity contribution in [2.75, 3.05) is 23.7 Å². The number of aryl methyl sites for hydroxylation is 1. The summed E-state index contributed by atoms with van der Waals surface area (Å²) >= 11 is 8.26. The number of carbonyl (C=O) groups excluding carboxylic acids is 2. The first-order valence-corrected chi connectivity index (χ1v) is 13.8. The lowest BCUT2D eigenvalue weighted by Crippen LogP contribution is -2.38. The van der Waals surface area contributed by atoms with Crippen LogP contribution >= 0.6 is 22.9 Å². The van der Waals surface area contributed by atoms with Crippen LogP contribution in [0.1, 0.15) is 37.4 Å². The molecule has 3 aromatic heterocycles. The number of halogens is 1. The van der Waals surface area contributed by atoms with Crippen LogP contribution in [0.25, 0.3) is 27.5 Å². The van der Waals surface area contributed by atoms with E-state index in [1.165, 1.54) is 18.3 Å². The monoisotopic (exact) mass is 547 g/mol. The zero-order chi connectivity index (χ0) is 26.2. The van der Waals surface area contributed by atoms with E-state index in [0.717, 1.165) is 78.3 Å². The Morgan fingerprint density at radius 3 is 2.66 bits per heavy atom. The second-order valence-corrected chi connectivity index (χ2v) is 10.9. The SMILES string of the molecule is CC(=O)Nc1nc2c(s1)-c1c(c(-c3cccnc3)nn1-c1ccc(NC(=O)N3CCCCC3)cc1Cl)CC2. The number of carbonyl (C=O) groups is 2. The molecule has 2 N–H and O–H groups in total. The lowest BCUT2D eigenvalue weighted by atomic mass is 9.95. The molecule has 38 heavy (non-hydrogen) atoms. The molecule has 1 aliphatic carbocycles. The normalized spacial score (nSPS) is 14.5. The third-order valence-electron chi connectivity index (χ3n) is 6.80. The Balaban J connectivity index is 1.41. The third-order valence-corrected chi connectivity index (χ3v) is 8.12. The fourth-order valence-electron chi connectivity index (χ4n) is 5.04. The van der Waals surface area contributed by atoms with Gasteiger partial charge in [0.25, 0.3) is 0 Å². The zero-order valence-electron chi connectivity index (χ0n) is 20.8. The van der Waals surface area contributed by atoms with Crippen LogP contribution < -0.4 is 10.6 Å². The van der Waals surface area contributed by atoms with Gasteiger partial charge in [-0.2, -0.15) is 5.10 Å². The predicted molar refractivity (Wildman–Crippen MR) is 149 cm³/mol. The summed E-state index contributed by atoms with van der Waals surface area (Å²) in [5.41, 5.74) is 6.00. The number of hydrogen-bond donors (Lipinski definition) is 2. The molecule has 0 spiro atoms. The van der Waals surface area contributed by atoms with E-state index in [1.54, 1.807) is 18.5 Å². The Kier molecular flexibility index (Phi) is 6.59. The molecule has 0 bridgehead atoms. The average Bonchev–Trinajstić information content (AvgIpc) is 3.50. The van der Waals surface area contributed by atoms with Gasteiger partial charge in [0.2, 0.25) is 5.91 Å². The number of rotatable bonds is 4.